The molecule has 0 aliphatic heterocycles. The lowest BCUT2D eigenvalue weighted by molar-refractivity contribution is 0.823. The van der Waals surface area contributed by atoms with Crippen molar-refractivity contribution in [2.45, 2.75) is 26.8 Å². The number of fused-ring (bicyclic) bond motifs is 1. The molecule has 0 saturated carbocycles. The molecule has 166 valence electrons. The van der Waals surface area contributed by atoms with Crippen LogP contribution in [-0.2, 0) is 14.1 Å². The molecule has 0 bridgehead atoms. The topological polar surface area (TPSA) is 95.8 Å². The van der Waals surface area contributed by atoms with Crippen LogP contribution in [0.25, 0.3) is 33.4 Å². The summed E-state index contributed by atoms with van der Waals surface area (Å²) < 4.78 is 3.13. The molecule has 3 aromatic heterocycles. The van der Waals surface area contributed by atoms with Crippen LogP contribution in [0.3, 0.4) is 0 Å². The fourth-order valence-corrected chi connectivity index (χ4v) is 3.94. The number of nitrogens with two attached hydrogens (primary N) is 1. The quantitative estimate of drug-likeness (QED) is 0.515. The summed E-state index contributed by atoms with van der Waals surface area (Å²) in [4.78, 5) is 34.3. The Morgan fingerprint density at radius 2 is 1.62 bits per heavy atom. The van der Waals surface area contributed by atoms with Crippen LogP contribution >= 0.6 is 12.4 Å². The lowest BCUT2D eigenvalue weighted by atomic mass is 9.97. The van der Waals surface area contributed by atoms with Crippen LogP contribution in [0.4, 0.5) is 0 Å². The van der Waals surface area contributed by atoms with E-state index < -0.39 is 0 Å². The Labute approximate surface area is 192 Å². The summed E-state index contributed by atoms with van der Waals surface area (Å²) in [5.74, 6) is 0.469. The summed E-state index contributed by atoms with van der Waals surface area (Å²) in [7, 11) is 3.45. The predicted octanol–water partition coefficient (Wildman–Crippen LogP) is 3.42. The fraction of sp³-hybridized carbons (Fsp3) is 0.250. The van der Waals surface area contributed by atoms with Gasteiger partial charge in [-0.25, -0.2) is 9.97 Å². The Balaban J connectivity index is 0.00000289. The van der Waals surface area contributed by atoms with Crippen molar-refractivity contribution in [3.63, 3.8) is 0 Å². The molecule has 0 aliphatic carbocycles. The Hall–Kier alpha value is -3.29. The predicted molar refractivity (Wildman–Crippen MR) is 130 cm³/mol. The Morgan fingerprint density at radius 1 is 0.969 bits per heavy atom. The van der Waals surface area contributed by atoms with Crippen LogP contribution in [-0.4, -0.2) is 19.1 Å². The Kier molecular flexibility index (Phi) is 6.34. The summed E-state index contributed by atoms with van der Waals surface area (Å²) in [6.45, 7) is 5.64. The SMILES string of the molecule is Cc1cc([C@@H](C)N)c2cc(-c3cnc(-c4ccn(C)c(=O)c4C)nc3)n(C)c(=O)c2c1.Cl. The fourth-order valence-electron chi connectivity index (χ4n) is 3.94. The second-order valence-corrected chi connectivity index (χ2v) is 8.06. The van der Waals surface area contributed by atoms with Crippen LogP contribution in [0, 0.1) is 13.8 Å². The van der Waals surface area contributed by atoms with E-state index in [1.165, 1.54) is 4.57 Å². The number of aryl methyl sites for hydroxylation is 2. The van der Waals surface area contributed by atoms with Gasteiger partial charge in [-0.1, -0.05) is 6.07 Å². The Morgan fingerprint density at radius 3 is 2.25 bits per heavy atom. The second-order valence-electron chi connectivity index (χ2n) is 8.06. The van der Waals surface area contributed by atoms with Gasteiger partial charge in [0.05, 0.1) is 5.69 Å². The molecule has 2 N–H and O–H groups in total. The molecule has 7 nitrogen and oxygen atoms in total. The standard InChI is InChI=1S/C24H25N5O2.ClH/c1-13-8-18(15(3)25)19-10-21(29(5)24(31)20(19)9-13)16-11-26-22(27-12-16)17-6-7-28(4)23(30)14(17)2;/h6-12,15H,25H2,1-5H3;1H/t15-;/m1./s1. The highest BCUT2D eigenvalue weighted by molar-refractivity contribution is 5.89. The van der Waals surface area contributed by atoms with Crippen LogP contribution in [0.15, 0.2) is 52.4 Å². The summed E-state index contributed by atoms with van der Waals surface area (Å²) in [6.07, 6.45) is 5.06. The van der Waals surface area contributed by atoms with E-state index >= 15 is 0 Å². The summed E-state index contributed by atoms with van der Waals surface area (Å²) in [5.41, 5.74) is 10.6. The maximum Gasteiger partial charge on any atom is 0.258 e. The second kappa shape index (κ2) is 8.68. The van der Waals surface area contributed by atoms with Gasteiger partial charge in [0, 0.05) is 60.8 Å². The minimum absolute atomic E-state index is 0. The zero-order chi connectivity index (χ0) is 22.4. The third-order valence-electron chi connectivity index (χ3n) is 5.72. The van der Waals surface area contributed by atoms with Gasteiger partial charge in [-0.05, 0) is 55.5 Å². The molecule has 0 unspecified atom stereocenters. The third-order valence-corrected chi connectivity index (χ3v) is 5.72. The number of halogens is 1. The van der Waals surface area contributed by atoms with Crippen molar-refractivity contribution >= 4 is 23.2 Å². The monoisotopic (exact) mass is 451 g/mol. The average Bonchev–Trinajstić information content (AvgIpc) is 2.75. The first-order chi connectivity index (χ1) is 14.7. The van der Waals surface area contributed by atoms with Gasteiger partial charge in [-0.15, -0.1) is 12.4 Å². The zero-order valence-electron chi connectivity index (χ0n) is 18.7. The van der Waals surface area contributed by atoms with Crippen molar-refractivity contribution in [2.24, 2.45) is 19.8 Å². The largest absolute Gasteiger partial charge is 0.324 e. The first kappa shape index (κ1) is 23.4. The summed E-state index contributed by atoms with van der Waals surface area (Å²) >= 11 is 0. The first-order valence-electron chi connectivity index (χ1n) is 10.1. The number of hydrogen-bond acceptors (Lipinski definition) is 5. The molecule has 3 heterocycles. The summed E-state index contributed by atoms with van der Waals surface area (Å²) in [6, 6.07) is 7.51. The maximum atomic E-state index is 13.1. The van der Waals surface area contributed by atoms with Gasteiger partial charge in [0.15, 0.2) is 5.82 Å². The molecule has 0 aliphatic rings. The zero-order valence-corrected chi connectivity index (χ0v) is 19.5. The number of nitrogens with zero attached hydrogens (tertiary/aromatic N) is 4. The van der Waals surface area contributed by atoms with E-state index in [1.807, 2.05) is 38.1 Å². The van der Waals surface area contributed by atoms with E-state index in [0.29, 0.717) is 33.6 Å². The van der Waals surface area contributed by atoms with E-state index in [0.717, 1.165) is 16.5 Å². The number of benzene rings is 1. The van der Waals surface area contributed by atoms with E-state index in [2.05, 4.69) is 9.97 Å². The van der Waals surface area contributed by atoms with Crippen molar-refractivity contribution in [1.82, 2.24) is 19.1 Å². The number of pyridine rings is 2. The van der Waals surface area contributed by atoms with E-state index in [1.54, 1.807) is 44.2 Å². The van der Waals surface area contributed by atoms with Gasteiger partial charge in [0.1, 0.15) is 0 Å². The van der Waals surface area contributed by atoms with Crippen LogP contribution in [0.2, 0.25) is 0 Å². The van der Waals surface area contributed by atoms with Crippen molar-refractivity contribution in [3.05, 3.63) is 80.3 Å². The molecule has 0 spiro atoms. The highest BCUT2D eigenvalue weighted by Crippen LogP contribution is 2.28. The van der Waals surface area contributed by atoms with Gasteiger partial charge in [0.25, 0.3) is 11.1 Å². The highest BCUT2D eigenvalue weighted by atomic mass is 35.5. The minimum Gasteiger partial charge on any atom is -0.324 e. The number of aromatic nitrogens is 4. The molecule has 1 aromatic carbocycles. The van der Waals surface area contributed by atoms with E-state index in [9.17, 15) is 9.59 Å². The van der Waals surface area contributed by atoms with Crippen LogP contribution in [0.1, 0.15) is 29.7 Å². The van der Waals surface area contributed by atoms with Gasteiger partial charge in [-0.3, -0.25) is 9.59 Å². The van der Waals surface area contributed by atoms with Gasteiger partial charge >= 0.3 is 0 Å². The molecule has 1 atom stereocenters. The van der Waals surface area contributed by atoms with Crippen molar-refractivity contribution < 1.29 is 0 Å². The number of hydrogen-bond donors (Lipinski definition) is 1. The normalized spacial score (nSPS) is 11.9. The summed E-state index contributed by atoms with van der Waals surface area (Å²) in [5, 5.41) is 1.48. The molecule has 0 radical (unpaired) electrons. The molecule has 0 amide bonds. The van der Waals surface area contributed by atoms with Gasteiger partial charge in [0.2, 0.25) is 0 Å². The van der Waals surface area contributed by atoms with Gasteiger partial charge in [-0.2, -0.15) is 0 Å². The smallest absolute Gasteiger partial charge is 0.258 e. The molecular formula is C24H26ClN5O2. The first-order valence-corrected chi connectivity index (χ1v) is 10.1. The maximum absolute atomic E-state index is 13.1. The highest BCUT2D eigenvalue weighted by Gasteiger charge is 2.15. The van der Waals surface area contributed by atoms with Crippen LogP contribution < -0.4 is 16.9 Å². The lowest BCUT2D eigenvalue weighted by Gasteiger charge is -2.16. The van der Waals surface area contributed by atoms with Crippen molar-refractivity contribution in [2.75, 3.05) is 0 Å². The molecule has 0 fully saturated rings. The molecule has 4 rings (SSSR count). The molecule has 4 aromatic rings. The molecule has 0 saturated heterocycles. The third kappa shape index (κ3) is 3.85. The minimum atomic E-state index is -0.204. The lowest BCUT2D eigenvalue weighted by Crippen LogP contribution is -2.20. The van der Waals surface area contributed by atoms with Crippen molar-refractivity contribution in [3.8, 4) is 22.6 Å². The van der Waals surface area contributed by atoms with Crippen LogP contribution in [0.5, 0.6) is 0 Å². The molecule has 8 heteroatoms. The molecule has 32 heavy (non-hydrogen) atoms. The van der Waals surface area contributed by atoms with E-state index in [-0.39, 0.29) is 29.6 Å². The molecular weight excluding hydrogens is 426 g/mol. The van der Waals surface area contributed by atoms with Crippen molar-refractivity contribution in [1.29, 1.82) is 0 Å². The Bertz CT molecular complexity index is 1440. The van der Waals surface area contributed by atoms with E-state index in [4.69, 9.17) is 5.73 Å². The van der Waals surface area contributed by atoms with Gasteiger partial charge < -0.3 is 14.9 Å². The number of rotatable bonds is 3. The average molecular weight is 452 g/mol.